The molecule has 1 aliphatic rings. The van der Waals surface area contributed by atoms with Gasteiger partial charge < -0.3 is 4.42 Å². The van der Waals surface area contributed by atoms with Gasteiger partial charge in [0.1, 0.15) is 5.52 Å². The zero-order valence-electron chi connectivity index (χ0n) is 14.1. The van der Waals surface area contributed by atoms with E-state index in [-0.39, 0.29) is 5.92 Å². The van der Waals surface area contributed by atoms with E-state index < -0.39 is 10.0 Å². The van der Waals surface area contributed by atoms with Crippen LogP contribution in [0.3, 0.4) is 0 Å². The summed E-state index contributed by atoms with van der Waals surface area (Å²) in [5.74, 6) is 0.617. The molecule has 0 spiro atoms. The lowest BCUT2D eigenvalue weighted by atomic mass is 10.00. The number of fused-ring (bicyclic) bond motifs is 1. The van der Waals surface area contributed by atoms with Gasteiger partial charge in [-0.05, 0) is 49.6 Å². The zero-order chi connectivity index (χ0) is 17.4. The smallest absolute Gasteiger partial charge is 0.243 e. The molecule has 4 rings (SSSR count). The van der Waals surface area contributed by atoms with Crippen LogP contribution in [-0.4, -0.2) is 30.8 Å². The summed E-state index contributed by atoms with van der Waals surface area (Å²) in [6.45, 7) is 2.84. The number of benzene rings is 2. The number of sulfonamides is 1. The van der Waals surface area contributed by atoms with Gasteiger partial charge in [0.2, 0.25) is 10.0 Å². The average Bonchev–Trinajstić information content (AvgIpc) is 3.06. The molecule has 0 bridgehead atoms. The van der Waals surface area contributed by atoms with E-state index in [9.17, 15) is 8.42 Å². The van der Waals surface area contributed by atoms with E-state index in [4.69, 9.17) is 4.42 Å². The normalized spacial score (nSPS) is 19.3. The molecule has 2 aromatic carbocycles. The number of aryl methyl sites for hydroxylation is 1. The first kappa shape index (κ1) is 16.3. The Bertz CT molecular complexity index is 977. The maximum Gasteiger partial charge on any atom is 0.243 e. The number of nitrogens with zero attached hydrogens (tertiary/aromatic N) is 2. The third-order valence-corrected chi connectivity index (χ3v) is 6.53. The standard InChI is InChI=1S/C19H20N2O3S/c1-14-6-4-8-16(12-14)25(22,23)21-11-5-7-15(13-21)19-20-17-9-2-3-10-18(17)24-19/h2-4,6,8-10,12,15H,5,7,11,13H2,1H3. The summed E-state index contributed by atoms with van der Waals surface area (Å²) in [7, 11) is -3.49. The van der Waals surface area contributed by atoms with Gasteiger partial charge in [0.05, 0.1) is 4.90 Å². The summed E-state index contributed by atoms with van der Waals surface area (Å²) in [4.78, 5) is 4.90. The van der Waals surface area contributed by atoms with E-state index in [1.165, 1.54) is 0 Å². The molecule has 2 heterocycles. The van der Waals surface area contributed by atoms with Crippen LogP contribution in [0.2, 0.25) is 0 Å². The Labute approximate surface area is 147 Å². The van der Waals surface area contributed by atoms with Gasteiger partial charge in [-0.1, -0.05) is 24.3 Å². The molecule has 1 saturated heterocycles. The van der Waals surface area contributed by atoms with Gasteiger partial charge in [0.25, 0.3) is 0 Å². The first-order chi connectivity index (χ1) is 12.0. The molecule has 1 aliphatic heterocycles. The largest absolute Gasteiger partial charge is 0.440 e. The van der Waals surface area contributed by atoms with Crippen LogP contribution in [0.5, 0.6) is 0 Å². The van der Waals surface area contributed by atoms with Crippen molar-refractivity contribution in [2.24, 2.45) is 0 Å². The van der Waals surface area contributed by atoms with E-state index in [0.717, 1.165) is 29.5 Å². The van der Waals surface area contributed by atoms with Crippen molar-refractivity contribution in [3.63, 3.8) is 0 Å². The van der Waals surface area contributed by atoms with Crippen molar-refractivity contribution in [2.45, 2.75) is 30.6 Å². The quantitative estimate of drug-likeness (QED) is 0.718. The van der Waals surface area contributed by atoms with Crippen LogP contribution in [0.1, 0.15) is 30.2 Å². The van der Waals surface area contributed by atoms with Gasteiger partial charge in [-0.3, -0.25) is 0 Å². The second-order valence-corrected chi connectivity index (χ2v) is 8.48. The highest BCUT2D eigenvalue weighted by atomic mass is 32.2. The predicted octanol–water partition coefficient (Wildman–Crippen LogP) is 3.70. The maximum absolute atomic E-state index is 13.0. The van der Waals surface area contributed by atoms with E-state index in [0.29, 0.717) is 23.9 Å². The highest BCUT2D eigenvalue weighted by Gasteiger charge is 2.33. The van der Waals surface area contributed by atoms with Crippen molar-refractivity contribution in [3.05, 3.63) is 60.0 Å². The Morgan fingerprint density at radius 3 is 2.80 bits per heavy atom. The van der Waals surface area contributed by atoms with Crippen molar-refractivity contribution in [1.82, 2.24) is 9.29 Å². The fourth-order valence-electron chi connectivity index (χ4n) is 3.35. The van der Waals surface area contributed by atoms with Crippen molar-refractivity contribution >= 4 is 21.1 Å². The molecule has 0 amide bonds. The Balaban J connectivity index is 1.62. The topological polar surface area (TPSA) is 63.4 Å². The summed E-state index contributed by atoms with van der Waals surface area (Å²) in [5.41, 5.74) is 2.50. The minimum absolute atomic E-state index is 0.0132. The van der Waals surface area contributed by atoms with Crippen LogP contribution < -0.4 is 0 Å². The highest BCUT2D eigenvalue weighted by Crippen LogP contribution is 2.31. The molecule has 1 unspecified atom stereocenters. The molecule has 5 nitrogen and oxygen atoms in total. The van der Waals surface area contributed by atoms with Crippen LogP contribution in [0, 0.1) is 6.92 Å². The Kier molecular flexibility index (Phi) is 4.09. The molecule has 130 valence electrons. The molecule has 0 saturated carbocycles. The Hall–Kier alpha value is -2.18. The number of aromatic nitrogens is 1. The summed E-state index contributed by atoms with van der Waals surface area (Å²) in [6, 6.07) is 14.7. The van der Waals surface area contributed by atoms with Gasteiger partial charge in [0.15, 0.2) is 11.5 Å². The number of rotatable bonds is 3. The summed E-state index contributed by atoms with van der Waals surface area (Å²) < 4.78 is 33.3. The van der Waals surface area contributed by atoms with Gasteiger partial charge >= 0.3 is 0 Å². The SMILES string of the molecule is Cc1cccc(S(=O)(=O)N2CCCC(c3nc4ccccc4o3)C2)c1. The number of piperidine rings is 1. The fraction of sp³-hybridized carbons (Fsp3) is 0.316. The van der Waals surface area contributed by atoms with E-state index >= 15 is 0 Å². The minimum Gasteiger partial charge on any atom is -0.440 e. The lowest BCUT2D eigenvalue weighted by molar-refractivity contribution is 0.288. The second-order valence-electron chi connectivity index (χ2n) is 6.54. The average molecular weight is 356 g/mol. The number of para-hydroxylation sites is 2. The zero-order valence-corrected chi connectivity index (χ0v) is 14.9. The van der Waals surface area contributed by atoms with E-state index in [1.54, 1.807) is 22.5 Å². The molecule has 1 aromatic heterocycles. The van der Waals surface area contributed by atoms with Gasteiger partial charge in [0, 0.05) is 19.0 Å². The lowest BCUT2D eigenvalue weighted by Gasteiger charge is -2.30. The van der Waals surface area contributed by atoms with E-state index in [1.807, 2.05) is 37.3 Å². The van der Waals surface area contributed by atoms with Gasteiger partial charge in [-0.15, -0.1) is 0 Å². The summed E-state index contributed by atoms with van der Waals surface area (Å²) >= 11 is 0. The fourth-order valence-corrected chi connectivity index (χ4v) is 4.98. The Morgan fingerprint density at radius 1 is 1.16 bits per heavy atom. The van der Waals surface area contributed by atoms with Crippen LogP contribution in [0.25, 0.3) is 11.1 Å². The summed E-state index contributed by atoms with van der Waals surface area (Å²) in [5, 5.41) is 0. The van der Waals surface area contributed by atoms with Crippen LogP contribution >= 0.6 is 0 Å². The molecule has 1 fully saturated rings. The third-order valence-electron chi connectivity index (χ3n) is 4.67. The first-order valence-corrected chi connectivity index (χ1v) is 9.90. The van der Waals surface area contributed by atoms with Crippen molar-refractivity contribution in [2.75, 3.05) is 13.1 Å². The molecule has 0 aliphatic carbocycles. The predicted molar refractivity (Wildman–Crippen MR) is 95.9 cm³/mol. The first-order valence-electron chi connectivity index (χ1n) is 8.46. The molecule has 0 N–H and O–H groups in total. The van der Waals surface area contributed by atoms with Crippen molar-refractivity contribution < 1.29 is 12.8 Å². The number of hydrogen-bond donors (Lipinski definition) is 0. The third kappa shape index (κ3) is 3.07. The van der Waals surface area contributed by atoms with Crippen molar-refractivity contribution in [1.29, 1.82) is 0 Å². The molecule has 3 aromatic rings. The highest BCUT2D eigenvalue weighted by molar-refractivity contribution is 7.89. The van der Waals surface area contributed by atoms with Crippen molar-refractivity contribution in [3.8, 4) is 0 Å². The molecule has 6 heteroatoms. The van der Waals surface area contributed by atoms with Gasteiger partial charge in [-0.25, -0.2) is 13.4 Å². The van der Waals surface area contributed by atoms with Crippen LogP contribution in [0.15, 0.2) is 57.8 Å². The molecule has 25 heavy (non-hydrogen) atoms. The minimum atomic E-state index is -3.49. The number of hydrogen-bond acceptors (Lipinski definition) is 4. The monoisotopic (exact) mass is 356 g/mol. The second kappa shape index (κ2) is 6.28. The number of oxazole rings is 1. The molecular weight excluding hydrogens is 336 g/mol. The Morgan fingerprint density at radius 2 is 2.00 bits per heavy atom. The van der Waals surface area contributed by atoms with E-state index in [2.05, 4.69) is 4.98 Å². The molecule has 0 radical (unpaired) electrons. The molecule has 1 atom stereocenters. The maximum atomic E-state index is 13.0. The lowest BCUT2D eigenvalue weighted by Crippen LogP contribution is -2.39. The van der Waals surface area contributed by atoms with Crippen LogP contribution in [0.4, 0.5) is 0 Å². The summed E-state index contributed by atoms with van der Waals surface area (Å²) in [6.07, 6.45) is 1.68. The molecular formula is C19H20N2O3S. The van der Waals surface area contributed by atoms with Gasteiger partial charge in [-0.2, -0.15) is 4.31 Å². The van der Waals surface area contributed by atoms with Crippen LogP contribution in [-0.2, 0) is 10.0 Å².